The lowest BCUT2D eigenvalue weighted by Crippen LogP contribution is -2.28. The lowest BCUT2D eigenvalue weighted by molar-refractivity contribution is 0.0946. The van der Waals surface area contributed by atoms with Crippen LogP contribution in [0, 0.1) is 5.82 Å². The summed E-state index contributed by atoms with van der Waals surface area (Å²) in [6, 6.07) is 14.2. The summed E-state index contributed by atoms with van der Waals surface area (Å²) in [7, 11) is 1.46. The minimum Gasteiger partial charge on any atom is -0.493 e. The van der Waals surface area contributed by atoms with Crippen molar-refractivity contribution in [3.63, 3.8) is 0 Å². The van der Waals surface area contributed by atoms with Crippen molar-refractivity contribution >= 4 is 16.9 Å². The minimum atomic E-state index is -0.785. The normalized spacial score (nSPS) is 10.8. The number of hydrogen-bond acceptors (Lipinski definition) is 6. The third-order valence-corrected chi connectivity index (χ3v) is 4.32. The maximum absolute atomic E-state index is 13.8. The van der Waals surface area contributed by atoms with Gasteiger partial charge in [-0.05, 0) is 24.3 Å². The fourth-order valence-corrected chi connectivity index (χ4v) is 2.89. The predicted molar refractivity (Wildman–Crippen MR) is 102 cm³/mol. The molecule has 0 aliphatic carbocycles. The zero-order valence-electron chi connectivity index (χ0n) is 15.3. The van der Waals surface area contributed by atoms with Crippen molar-refractivity contribution in [3.8, 4) is 17.1 Å². The van der Waals surface area contributed by atoms with Crippen molar-refractivity contribution < 1.29 is 22.9 Å². The van der Waals surface area contributed by atoms with Gasteiger partial charge in [-0.25, -0.2) is 9.18 Å². The molecule has 146 valence electrons. The molecule has 4 rings (SSSR count). The van der Waals surface area contributed by atoms with Gasteiger partial charge in [0.25, 0.3) is 5.91 Å². The molecule has 29 heavy (non-hydrogen) atoms. The van der Waals surface area contributed by atoms with Crippen LogP contribution >= 0.6 is 0 Å². The zero-order valence-corrected chi connectivity index (χ0v) is 15.3. The highest BCUT2D eigenvalue weighted by Gasteiger charge is 2.17. The summed E-state index contributed by atoms with van der Waals surface area (Å²) >= 11 is 0. The maximum atomic E-state index is 13.8. The summed E-state index contributed by atoms with van der Waals surface area (Å²) in [6.45, 7) is -0.00757. The van der Waals surface area contributed by atoms with Crippen LogP contribution in [0.3, 0.4) is 0 Å². The molecular weight excluding hydrogens is 379 g/mol. The van der Waals surface area contributed by atoms with Gasteiger partial charge in [0.15, 0.2) is 17.1 Å². The molecule has 0 aliphatic heterocycles. The number of aromatic nitrogens is 1. The fraction of sp³-hybridized carbons (Fsp3) is 0.0952. The molecular formula is C21H15FN2O5. The molecule has 0 unspecified atom stereocenters. The van der Waals surface area contributed by atoms with Crippen LogP contribution in [0.5, 0.6) is 5.75 Å². The number of benzene rings is 2. The average Bonchev–Trinajstić information content (AvgIpc) is 3.20. The lowest BCUT2D eigenvalue weighted by Gasteiger charge is -2.06. The van der Waals surface area contributed by atoms with Crippen molar-refractivity contribution in [2.75, 3.05) is 7.11 Å². The van der Waals surface area contributed by atoms with Crippen molar-refractivity contribution in [2.24, 2.45) is 0 Å². The molecule has 0 bridgehead atoms. The molecule has 8 heteroatoms. The van der Waals surface area contributed by atoms with E-state index in [4.69, 9.17) is 13.7 Å². The van der Waals surface area contributed by atoms with Gasteiger partial charge >= 0.3 is 5.63 Å². The predicted octanol–water partition coefficient (Wildman–Crippen LogP) is 3.53. The Kier molecular flexibility index (Phi) is 4.82. The first-order chi connectivity index (χ1) is 14.1. The van der Waals surface area contributed by atoms with Gasteiger partial charge in [0.2, 0.25) is 0 Å². The molecule has 2 heterocycles. The Morgan fingerprint density at radius 1 is 1.17 bits per heavy atom. The molecule has 4 aromatic rings. The van der Waals surface area contributed by atoms with Gasteiger partial charge in [-0.3, -0.25) is 4.79 Å². The fourth-order valence-electron chi connectivity index (χ4n) is 2.89. The van der Waals surface area contributed by atoms with Crippen molar-refractivity contribution in [1.29, 1.82) is 0 Å². The average molecular weight is 394 g/mol. The lowest BCUT2D eigenvalue weighted by atomic mass is 10.1. The highest BCUT2D eigenvalue weighted by atomic mass is 19.1. The standard InChI is InChI=1S/C21H15FN2O5/c1-27-17-8-4-5-12-9-15(21(26)28-19(12)17)20(25)23-11-13-10-18(29-24-13)14-6-2-3-7-16(14)22/h2-10H,11H2,1H3,(H,23,25). The Hall–Kier alpha value is -3.94. The highest BCUT2D eigenvalue weighted by molar-refractivity contribution is 5.97. The van der Waals surface area contributed by atoms with E-state index in [0.717, 1.165) is 0 Å². The van der Waals surface area contributed by atoms with Crippen molar-refractivity contribution in [3.05, 3.63) is 82.1 Å². The van der Waals surface area contributed by atoms with E-state index in [0.29, 0.717) is 16.8 Å². The Labute approximate surface area is 163 Å². The third-order valence-electron chi connectivity index (χ3n) is 4.32. The first-order valence-electron chi connectivity index (χ1n) is 8.66. The SMILES string of the molecule is COc1cccc2cc(C(=O)NCc3cc(-c4ccccc4F)on3)c(=O)oc12. The van der Waals surface area contributed by atoms with Gasteiger partial charge in [0.05, 0.1) is 19.2 Å². The summed E-state index contributed by atoms with van der Waals surface area (Å²) in [5, 5.41) is 6.96. The van der Waals surface area contributed by atoms with Gasteiger partial charge in [-0.15, -0.1) is 0 Å². The van der Waals surface area contributed by atoms with Gasteiger partial charge in [0, 0.05) is 11.5 Å². The van der Waals surface area contributed by atoms with Crippen LogP contribution in [0.1, 0.15) is 16.1 Å². The minimum absolute atomic E-state index is 0.00757. The molecule has 0 fully saturated rings. The largest absolute Gasteiger partial charge is 0.493 e. The Bertz CT molecular complexity index is 1260. The first-order valence-corrected chi connectivity index (χ1v) is 8.66. The third kappa shape index (κ3) is 3.60. The number of hydrogen-bond donors (Lipinski definition) is 1. The smallest absolute Gasteiger partial charge is 0.349 e. The second-order valence-corrected chi connectivity index (χ2v) is 6.17. The molecule has 1 amide bonds. The van der Waals surface area contributed by atoms with E-state index in [9.17, 15) is 14.0 Å². The van der Waals surface area contributed by atoms with E-state index in [2.05, 4.69) is 10.5 Å². The molecule has 0 atom stereocenters. The quantitative estimate of drug-likeness (QED) is 0.521. The monoisotopic (exact) mass is 394 g/mol. The second-order valence-electron chi connectivity index (χ2n) is 6.17. The molecule has 0 aliphatic rings. The van der Waals surface area contributed by atoms with Crippen molar-refractivity contribution in [2.45, 2.75) is 6.54 Å². The number of amides is 1. The number of fused-ring (bicyclic) bond motifs is 1. The molecule has 1 N–H and O–H groups in total. The van der Waals surface area contributed by atoms with E-state index in [1.807, 2.05) is 0 Å². The molecule has 0 spiro atoms. The highest BCUT2D eigenvalue weighted by Crippen LogP contribution is 2.25. The van der Waals surface area contributed by atoms with Gasteiger partial charge < -0.3 is 19.0 Å². The summed E-state index contributed by atoms with van der Waals surface area (Å²) in [4.78, 5) is 24.7. The van der Waals surface area contributed by atoms with Crippen LogP contribution in [0.25, 0.3) is 22.3 Å². The van der Waals surface area contributed by atoms with Crippen LogP contribution in [0.4, 0.5) is 4.39 Å². The first kappa shape index (κ1) is 18.4. The van der Waals surface area contributed by atoms with Gasteiger partial charge in [0.1, 0.15) is 17.1 Å². The number of carbonyl (C=O) groups is 1. The topological polar surface area (TPSA) is 94.6 Å². The number of methoxy groups -OCH3 is 1. The Balaban J connectivity index is 1.53. The van der Waals surface area contributed by atoms with Crippen molar-refractivity contribution in [1.82, 2.24) is 10.5 Å². The summed E-state index contributed by atoms with van der Waals surface area (Å²) in [5.41, 5.74) is -0.0250. The van der Waals surface area contributed by atoms with E-state index < -0.39 is 17.3 Å². The van der Waals surface area contributed by atoms with Crippen LogP contribution in [0.2, 0.25) is 0 Å². The molecule has 7 nitrogen and oxygen atoms in total. The number of nitrogens with zero attached hydrogens (tertiary/aromatic N) is 1. The second kappa shape index (κ2) is 7.59. The number of ether oxygens (including phenoxy) is 1. The summed E-state index contributed by atoms with van der Waals surface area (Å²) in [6.07, 6.45) is 0. The van der Waals surface area contributed by atoms with E-state index >= 15 is 0 Å². The number of nitrogens with one attached hydrogen (secondary N) is 1. The number of carbonyl (C=O) groups excluding carboxylic acids is 1. The van der Waals surface area contributed by atoms with E-state index in [1.165, 1.54) is 25.3 Å². The number of halogens is 1. The molecule has 0 saturated carbocycles. The van der Waals surface area contributed by atoms with Gasteiger partial charge in [-0.2, -0.15) is 0 Å². The van der Waals surface area contributed by atoms with E-state index in [-0.39, 0.29) is 29.0 Å². The van der Waals surface area contributed by atoms with Crippen LogP contribution < -0.4 is 15.7 Å². The molecule has 2 aromatic heterocycles. The summed E-state index contributed by atoms with van der Waals surface area (Å²) in [5.74, 6) is -0.429. The van der Waals surface area contributed by atoms with Crippen LogP contribution in [0.15, 0.2) is 68.3 Å². The number of rotatable bonds is 5. The number of para-hydroxylation sites is 1. The zero-order chi connectivity index (χ0) is 20.4. The van der Waals surface area contributed by atoms with Gasteiger partial charge in [-0.1, -0.05) is 29.4 Å². The molecule has 0 radical (unpaired) electrons. The van der Waals surface area contributed by atoms with Crippen LogP contribution in [-0.4, -0.2) is 18.2 Å². The van der Waals surface area contributed by atoms with E-state index in [1.54, 1.807) is 36.4 Å². The maximum Gasteiger partial charge on any atom is 0.349 e. The molecule has 2 aromatic carbocycles. The van der Waals surface area contributed by atoms with Crippen LogP contribution in [-0.2, 0) is 6.54 Å². The summed E-state index contributed by atoms with van der Waals surface area (Å²) < 4.78 is 29.4. The Morgan fingerprint density at radius 2 is 2.00 bits per heavy atom. The molecule has 0 saturated heterocycles. The Morgan fingerprint density at radius 3 is 2.79 bits per heavy atom.